The van der Waals surface area contributed by atoms with Crippen LogP contribution in [0.2, 0.25) is 0 Å². The van der Waals surface area contributed by atoms with Crippen LogP contribution in [0.25, 0.3) is 11.0 Å². The van der Waals surface area contributed by atoms with Crippen LogP contribution >= 0.6 is 0 Å². The van der Waals surface area contributed by atoms with Crippen LogP contribution in [-0.4, -0.2) is 34.0 Å². The first-order valence-corrected chi connectivity index (χ1v) is 8.66. The minimum absolute atomic E-state index is 0.112. The van der Waals surface area contributed by atoms with Gasteiger partial charge in [0, 0.05) is 44.9 Å². The zero-order valence-corrected chi connectivity index (χ0v) is 15.2. The van der Waals surface area contributed by atoms with E-state index in [-0.39, 0.29) is 17.2 Å². The number of anilines is 1. The fraction of sp³-hybridized carbons (Fsp3) is 0.263. The van der Waals surface area contributed by atoms with Gasteiger partial charge in [-0.15, -0.1) is 0 Å². The van der Waals surface area contributed by atoms with E-state index in [2.05, 4.69) is 20.2 Å². The van der Waals surface area contributed by atoms with Crippen molar-refractivity contribution in [2.24, 2.45) is 7.05 Å². The van der Waals surface area contributed by atoms with Gasteiger partial charge in [0.05, 0.1) is 21.5 Å². The topological polar surface area (TPSA) is 102 Å². The highest BCUT2D eigenvalue weighted by molar-refractivity contribution is 6.00. The molecule has 0 spiro atoms. The maximum Gasteiger partial charge on any atom is 0.270 e. The van der Waals surface area contributed by atoms with Gasteiger partial charge in [0.2, 0.25) is 0 Å². The predicted octanol–water partition coefficient (Wildman–Crippen LogP) is 2.89. The van der Waals surface area contributed by atoms with Crippen LogP contribution in [0.5, 0.6) is 0 Å². The molecule has 0 fully saturated rings. The number of fused-ring (bicyclic) bond motifs is 1. The van der Waals surface area contributed by atoms with Crippen LogP contribution < -0.4 is 10.6 Å². The van der Waals surface area contributed by atoms with Gasteiger partial charge >= 0.3 is 0 Å². The smallest absolute Gasteiger partial charge is 0.270 e. The molecule has 0 aliphatic rings. The molecule has 0 bridgehead atoms. The second-order valence-electron chi connectivity index (χ2n) is 6.17. The molecule has 8 nitrogen and oxygen atoms in total. The van der Waals surface area contributed by atoms with E-state index < -0.39 is 4.92 Å². The maximum absolute atomic E-state index is 12.0. The normalized spacial score (nSPS) is 10.7. The zero-order valence-electron chi connectivity index (χ0n) is 15.2. The van der Waals surface area contributed by atoms with E-state index >= 15 is 0 Å². The number of amides is 1. The molecule has 0 radical (unpaired) electrons. The van der Waals surface area contributed by atoms with E-state index in [0.29, 0.717) is 12.2 Å². The van der Waals surface area contributed by atoms with Crippen molar-refractivity contribution in [1.29, 1.82) is 0 Å². The average molecular weight is 367 g/mol. The number of para-hydroxylation sites is 2. The van der Waals surface area contributed by atoms with Crippen molar-refractivity contribution in [3.63, 3.8) is 0 Å². The van der Waals surface area contributed by atoms with Crippen LogP contribution in [0.1, 0.15) is 22.6 Å². The van der Waals surface area contributed by atoms with Crippen molar-refractivity contribution in [2.75, 3.05) is 18.9 Å². The number of nitrogens with zero attached hydrogens (tertiary/aromatic N) is 3. The number of carbonyl (C=O) groups excluding carboxylic acids is 1. The summed E-state index contributed by atoms with van der Waals surface area (Å²) in [6.45, 7) is 0.616. The van der Waals surface area contributed by atoms with Gasteiger partial charge in [-0.3, -0.25) is 14.9 Å². The molecule has 0 aliphatic heterocycles. The number of aryl methyl sites for hydroxylation is 2. The highest BCUT2D eigenvalue weighted by Crippen LogP contribution is 2.22. The molecule has 0 atom stereocenters. The summed E-state index contributed by atoms with van der Waals surface area (Å²) in [7, 11) is 3.49. The Labute approximate surface area is 156 Å². The Morgan fingerprint density at radius 1 is 1.26 bits per heavy atom. The van der Waals surface area contributed by atoms with E-state index in [9.17, 15) is 14.9 Å². The van der Waals surface area contributed by atoms with Crippen molar-refractivity contribution in [1.82, 2.24) is 14.9 Å². The second-order valence-corrected chi connectivity index (χ2v) is 6.17. The summed E-state index contributed by atoms with van der Waals surface area (Å²) >= 11 is 0. The fourth-order valence-electron chi connectivity index (χ4n) is 3.01. The molecule has 27 heavy (non-hydrogen) atoms. The molecule has 0 saturated carbocycles. The lowest BCUT2D eigenvalue weighted by atomic mass is 10.1. The van der Waals surface area contributed by atoms with E-state index in [4.69, 9.17) is 0 Å². The molecular weight excluding hydrogens is 346 g/mol. The molecule has 3 aromatic rings. The Balaban J connectivity index is 1.67. The maximum atomic E-state index is 12.0. The van der Waals surface area contributed by atoms with Crippen molar-refractivity contribution >= 4 is 28.3 Å². The number of benzene rings is 2. The molecule has 2 N–H and O–H groups in total. The van der Waals surface area contributed by atoms with Gasteiger partial charge in [0.1, 0.15) is 5.82 Å². The van der Waals surface area contributed by atoms with Crippen LogP contribution in [-0.2, 0) is 13.5 Å². The molecule has 3 rings (SSSR count). The Hall–Kier alpha value is -3.42. The van der Waals surface area contributed by atoms with Gasteiger partial charge in [-0.2, -0.15) is 0 Å². The lowest BCUT2D eigenvalue weighted by Crippen LogP contribution is -2.20. The summed E-state index contributed by atoms with van der Waals surface area (Å²) in [6.07, 6.45) is 1.59. The van der Waals surface area contributed by atoms with Crippen LogP contribution in [0.4, 0.5) is 11.4 Å². The number of rotatable bonds is 7. The fourth-order valence-corrected chi connectivity index (χ4v) is 3.01. The first-order valence-electron chi connectivity index (χ1n) is 8.66. The quantitative estimate of drug-likeness (QED) is 0.380. The van der Waals surface area contributed by atoms with E-state index in [1.807, 2.05) is 31.3 Å². The number of aromatic nitrogens is 2. The minimum Gasteiger partial charge on any atom is -0.384 e. The number of carbonyl (C=O) groups is 1. The first-order chi connectivity index (χ1) is 13.0. The van der Waals surface area contributed by atoms with Crippen molar-refractivity contribution in [2.45, 2.75) is 12.8 Å². The van der Waals surface area contributed by atoms with Gasteiger partial charge in [0.15, 0.2) is 0 Å². The Morgan fingerprint density at radius 3 is 2.74 bits per heavy atom. The SMILES string of the molecule is CNC(=O)c1cc([N+](=O)[O-])ccc1NCCCc1nc2ccccc2n1C. The zero-order chi connectivity index (χ0) is 19.4. The molecule has 1 amide bonds. The Kier molecular flexibility index (Phi) is 5.35. The molecular formula is C19H21N5O3. The van der Waals surface area contributed by atoms with Crippen molar-refractivity contribution < 1.29 is 9.72 Å². The summed E-state index contributed by atoms with van der Waals surface area (Å²) in [4.78, 5) is 27.1. The summed E-state index contributed by atoms with van der Waals surface area (Å²) in [5.74, 6) is 0.629. The van der Waals surface area contributed by atoms with Crippen LogP contribution in [0, 0.1) is 10.1 Å². The second kappa shape index (κ2) is 7.86. The lowest BCUT2D eigenvalue weighted by Gasteiger charge is -2.11. The summed E-state index contributed by atoms with van der Waals surface area (Å²) < 4.78 is 2.08. The summed E-state index contributed by atoms with van der Waals surface area (Å²) in [5, 5.41) is 16.7. The van der Waals surface area contributed by atoms with Crippen LogP contribution in [0.15, 0.2) is 42.5 Å². The van der Waals surface area contributed by atoms with Crippen LogP contribution in [0.3, 0.4) is 0 Å². The molecule has 1 heterocycles. The molecule has 2 aromatic carbocycles. The third-order valence-electron chi connectivity index (χ3n) is 4.46. The average Bonchev–Trinajstić information content (AvgIpc) is 3.00. The number of non-ortho nitro benzene ring substituents is 1. The first kappa shape index (κ1) is 18.4. The van der Waals surface area contributed by atoms with Gasteiger partial charge in [-0.05, 0) is 24.6 Å². The number of nitro benzene ring substituents is 1. The Bertz CT molecular complexity index is 996. The molecule has 0 aliphatic carbocycles. The van der Waals surface area contributed by atoms with Crippen molar-refractivity contribution in [3.8, 4) is 0 Å². The minimum atomic E-state index is -0.512. The van der Waals surface area contributed by atoms with Gasteiger partial charge in [-0.25, -0.2) is 4.98 Å². The number of nitrogens with one attached hydrogen (secondary N) is 2. The molecule has 140 valence electrons. The number of nitro groups is 1. The van der Waals surface area contributed by atoms with Gasteiger partial charge in [-0.1, -0.05) is 12.1 Å². The number of imidazole rings is 1. The molecule has 8 heteroatoms. The molecule has 1 aromatic heterocycles. The number of hydrogen-bond donors (Lipinski definition) is 2. The van der Waals surface area contributed by atoms with Gasteiger partial charge < -0.3 is 15.2 Å². The number of hydrogen-bond acceptors (Lipinski definition) is 5. The monoisotopic (exact) mass is 367 g/mol. The third kappa shape index (κ3) is 3.89. The van der Waals surface area contributed by atoms with Crippen molar-refractivity contribution in [3.05, 3.63) is 64.0 Å². The lowest BCUT2D eigenvalue weighted by molar-refractivity contribution is -0.384. The highest BCUT2D eigenvalue weighted by atomic mass is 16.6. The van der Waals surface area contributed by atoms with E-state index in [0.717, 1.165) is 29.7 Å². The standard InChI is InChI=1S/C19H21N5O3/c1-20-19(25)14-12-13(24(26)27)9-10-15(14)21-11-5-8-18-22-16-6-3-4-7-17(16)23(18)2/h3-4,6-7,9-10,12,21H,5,8,11H2,1-2H3,(H,20,25). The largest absolute Gasteiger partial charge is 0.384 e. The summed E-state index contributed by atoms with van der Waals surface area (Å²) in [6, 6.07) is 12.2. The highest BCUT2D eigenvalue weighted by Gasteiger charge is 2.15. The van der Waals surface area contributed by atoms with Gasteiger partial charge in [0.25, 0.3) is 11.6 Å². The van der Waals surface area contributed by atoms with E-state index in [1.54, 1.807) is 6.07 Å². The summed E-state index contributed by atoms with van der Waals surface area (Å²) in [5.41, 5.74) is 2.79. The Morgan fingerprint density at radius 2 is 2.04 bits per heavy atom. The third-order valence-corrected chi connectivity index (χ3v) is 4.46. The molecule has 0 unspecified atom stereocenters. The molecule has 0 saturated heterocycles. The predicted molar refractivity (Wildman–Crippen MR) is 104 cm³/mol. The van der Waals surface area contributed by atoms with E-state index in [1.165, 1.54) is 19.2 Å².